The zero-order valence-electron chi connectivity index (χ0n) is 7.68. The molecule has 0 saturated heterocycles. The van der Waals surface area contributed by atoms with Gasteiger partial charge in [-0.1, -0.05) is 24.3 Å². The maximum absolute atomic E-state index is 10.8. The highest BCUT2D eigenvalue weighted by atomic mass is 16.4. The van der Waals surface area contributed by atoms with Crippen LogP contribution in [-0.2, 0) is 11.2 Å². The van der Waals surface area contributed by atoms with Crippen molar-refractivity contribution in [2.24, 2.45) is 5.92 Å². The molecule has 0 radical (unpaired) electrons. The fourth-order valence-corrected chi connectivity index (χ4v) is 1.98. The van der Waals surface area contributed by atoms with Gasteiger partial charge in [-0.2, -0.15) is 0 Å². The SMILES string of the molecule is O=C(O)[C@H]1Cc2ccccc2[C@@H](O)C1. The second-order valence-corrected chi connectivity index (χ2v) is 3.69. The van der Waals surface area contributed by atoms with Crippen LogP contribution in [0.25, 0.3) is 0 Å². The van der Waals surface area contributed by atoms with E-state index in [1.807, 2.05) is 24.3 Å². The lowest BCUT2D eigenvalue weighted by atomic mass is 9.82. The van der Waals surface area contributed by atoms with Gasteiger partial charge in [0, 0.05) is 0 Å². The van der Waals surface area contributed by atoms with Gasteiger partial charge in [-0.25, -0.2) is 0 Å². The number of hydrogen-bond donors (Lipinski definition) is 2. The quantitative estimate of drug-likeness (QED) is 0.706. The second kappa shape index (κ2) is 3.42. The molecule has 0 aliphatic heterocycles. The van der Waals surface area contributed by atoms with Crippen LogP contribution < -0.4 is 0 Å². The van der Waals surface area contributed by atoms with Crippen LogP contribution in [0.4, 0.5) is 0 Å². The fourth-order valence-electron chi connectivity index (χ4n) is 1.98. The minimum absolute atomic E-state index is 0.326. The molecule has 2 N–H and O–H groups in total. The van der Waals surface area contributed by atoms with E-state index < -0.39 is 18.0 Å². The molecule has 1 aromatic carbocycles. The fraction of sp³-hybridized carbons (Fsp3) is 0.364. The van der Waals surface area contributed by atoms with Gasteiger partial charge in [0.05, 0.1) is 12.0 Å². The molecule has 2 atom stereocenters. The predicted octanol–water partition coefficient (Wildman–Crippen LogP) is 1.37. The first-order chi connectivity index (χ1) is 6.68. The van der Waals surface area contributed by atoms with Crippen molar-refractivity contribution in [3.63, 3.8) is 0 Å². The van der Waals surface area contributed by atoms with Crippen molar-refractivity contribution in [3.8, 4) is 0 Å². The molecule has 0 aromatic heterocycles. The third-order valence-electron chi connectivity index (χ3n) is 2.74. The van der Waals surface area contributed by atoms with Gasteiger partial charge in [0.25, 0.3) is 0 Å². The molecule has 0 spiro atoms. The minimum Gasteiger partial charge on any atom is -0.481 e. The highest BCUT2D eigenvalue weighted by Gasteiger charge is 2.29. The van der Waals surface area contributed by atoms with Gasteiger partial charge in [-0.3, -0.25) is 4.79 Å². The lowest BCUT2D eigenvalue weighted by Crippen LogP contribution is -2.24. The number of aliphatic hydroxyl groups is 1. The van der Waals surface area contributed by atoms with Crippen LogP contribution in [-0.4, -0.2) is 16.2 Å². The van der Waals surface area contributed by atoms with Gasteiger partial charge in [0.1, 0.15) is 0 Å². The lowest BCUT2D eigenvalue weighted by Gasteiger charge is -2.25. The van der Waals surface area contributed by atoms with Crippen LogP contribution in [0, 0.1) is 5.92 Å². The van der Waals surface area contributed by atoms with E-state index in [4.69, 9.17) is 5.11 Å². The van der Waals surface area contributed by atoms with Gasteiger partial charge in [0.15, 0.2) is 0 Å². The molecule has 0 heterocycles. The first kappa shape index (κ1) is 9.21. The molecule has 0 saturated carbocycles. The molecule has 1 aliphatic rings. The summed E-state index contributed by atoms with van der Waals surface area (Å²) in [7, 11) is 0. The van der Waals surface area contributed by atoms with Crippen molar-refractivity contribution < 1.29 is 15.0 Å². The molecule has 0 unspecified atom stereocenters. The molecule has 1 aliphatic carbocycles. The molecule has 2 rings (SSSR count). The number of rotatable bonds is 1. The summed E-state index contributed by atoms with van der Waals surface area (Å²) < 4.78 is 0. The molecule has 14 heavy (non-hydrogen) atoms. The zero-order valence-corrected chi connectivity index (χ0v) is 7.68. The minimum atomic E-state index is -0.821. The van der Waals surface area contributed by atoms with Crippen molar-refractivity contribution in [3.05, 3.63) is 35.4 Å². The number of hydrogen-bond acceptors (Lipinski definition) is 2. The van der Waals surface area contributed by atoms with Crippen molar-refractivity contribution in [1.29, 1.82) is 0 Å². The van der Waals surface area contributed by atoms with E-state index in [0.29, 0.717) is 12.8 Å². The third kappa shape index (κ3) is 1.51. The summed E-state index contributed by atoms with van der Waals surface area (Å²) in [5.41, 5.74) is 1.84. The van der Waals surface area contributed by atoms with Gasteiger partial charge in [-0.05, 0) is 24.0 Å². The van der Waals surface area contributed by atoms with Crippen LogP contribution >= 0.6 is 0 Å². The Balaban J connectivity index is 2.33. The van der Waals surface area contributed by atoms with Gasteiger partial charge in [-0.15, -0.1) is 0 Å². The predicted molar refractivity (Wildman–Crippen MR) is 50.8 cm³/mol. The molecule has 74 valence electrons. The molecule has 3 nitrogen and oxygen atoms in total. The molecular formula is C11H12O3. The van der Waals surface area contributed by atoms with E-state index in [0.717, 1.165) is 11.1 Å². The van der Waals surface area contributed by atoms with Crippen LogP contribution in [0.5, 0.6) is 0 Å². The Morgan fingerprint density at radius 3 is 2.79 bits per heavy atom. The molecule has 1 aromatic rings. The van der Waals surface area contributed by atoms with Crippen molar-refractivity contribution in [1.82, 2.24) is 0 Å². The average molecular weight is 192 g/mol. The highest BCUT2D eigenvalue weighted by Crippen LogP contribution is 2.32. The maximum Gasteiger partial charge on any atom is 0.306 e. The lowest BCUT2D eigenvalue weighted by molar-refractivity contribution is -0.143. The Morgan fingerprint density at radius 2 is 2.07 bits per heavy atom. The van der Waals surface area contributed by atoms with Crippen molar-refractivity contribution in [2.75, 3.05) is 0 Å². The maximum atomic E-state index is 10.8. The summed E-state index contributed by atoms with van der Waals surface area (Å²) >= 11 is 0. The highest BCUT2D eigenvalue weighted by molar-refractivity contribution is 5.71. The first-order valence-corrected chi connectivity index (χ1v) is 4.67. The number of aliphatic carboxylic acids is 1. The summed E-state index contributed by atoms with van der Waals surface area (Å²) in [6.07, 6.45) is 0.232. The Hall–Kier alpha value is -1.35. The van der Waals surface area contributed by atoms with Crippen LogP contribution in [0.3, 0.4) is 0 Å². The summed E-state index contributed by atoms with van der Waals surface area (Å²) in [6.45, 7) is 0. The first-order valence-electron chi connectivity index (χ1n) is 4.67. The number of carboxylic acid groups (broad SMARTS) is 1. The third-order valence-corrected chi connectivity index (χ3v) is 2.74. The van der Waals surface area contributed by atoms with Gasteiger partial charge < -0.3 is 10.2 Å². The number of carboxylic acids is 1. The largest absolute Gasteiger partial charge is 0.481 e. The van der Waals surface area contributed by atoms with E-state index in [2.05, 4.69) is 0 Å². The number of carbonyl (C=O) groups is 1. The Bertz CT molecular complexity index is 359. The van der Waals surface area contributed by atoms with E-state index >= 15 is 0 Å². The number of benzene rings is 1. The monoisotopic (exact) mass is 192 g/mol. The van der Waals surface area contributed by atoms with E-state index in [9.17, 15) is 9.90 Å². The molecule has 0 bridgehead atoms. The topological polar surface area (TPSA) is 57.5 Å². The number of aliphatic hydroxyl groups excluding tert-OH is 1. The van der Waals surface area contributed by atoms with E-state index in [1.165, 1.54) is 0 Å². The van der Waals surface area contributed by atoms with Gasteiger partial charge in [0.2, 0.25) is 0 Å². The zero-order chi connectivity index (χ0) is 10.1. The van der Waals surface area contributed by atoms with E-state index in [1.54, 1.807) is 0 Å². The Morgan fingerprint density at radius 1 is 1.36 bits per heavy atom. The van der Waals surface area contributed by atoms with Crippen LogP contribution in [0.2, 0.25) is 0 Å². The molecular weight excluding hydrogens is 180 g/mol. The molecule has 3 heteroatoms. The summed E-state index contributed by atoms with van der Waals surface area (Å²) in [6, 6.07) is 7.48. The summed E-state index contributed by atoms with van der Waals surface area (Å²) in [5.74, 6) is -1.27. The average Bonchev–Trinajstić information content (AvgIpc) is 2.17. The van der Waals surface area contributed by atoms with Crippen molar-refractivity contribution in [2.45, 2.75) is 18.9 Å². The second-order valence-electron chi connectivity index (χ2n) is 3.69. The smallest absolute Gasteiger partial charge is 0.306 e. The standard InChI is InChI=1S/C11H12O3/c12-10-6-8(11(13)14)5-7-3-1-2-4-9(7)10/h1-4,8,10,12H,5-6H2,(H,13,14)/t8-,10-/m0/s1. The Labute approximate surface area is 82.0 Å². The van der Waals surface area contributed by atoms with Crippen LogP contribution in [0.1, 0.15) is 23.7 Å². The van der Waals surface area contributed by atoms with Crippen molar-refractivity contribution >= 4 is 5.97 Å². The normalized spacial score (nSPS) is 25.5. The number of fused-ring (bicyclic) bond motifs is 1. The summed E-state index contributed by atoms with van der Waals surface area (Å²) in [4.78, 5) is 10.8. The van der Waals surface area contributed by atoms with E-state index in [-0.39, 0.29) is 0 Å². The Kier molecular flexibility index (Phi) is 2.25. The summed E-state index contributed by atoms with van der Waals surface area (Å²) in [5, 5.41) is 18.6. The molecule has 0 fully saturated rings. The van der Waals surface area contributed by atoms with Gasteiger partial charge >= 0.3 is 5.97 Å². The molecule has 0 amide bonds. The van der Waals surface area contributed by atoms with Crippen LogP contribution in [0.15, 0.2) is 24.3 Å².